The summed E-state index contributed by atoms with van der Waals surface area (Å²) in [6, 6.07) is 0. The molecule has 0 saturated heterocycles. The molecule has 1 heterocycles. The summed E-state index contributed by atoms with van der Waals surface area (Å²) < 4.78 is 0.809. The van der Waals surface area contributed by atoms with E-state index in [-0.39, 0.29) is 5.41 Å². The Kier molecular flexibility index (Phi) is 2.45. The summed E-state index contributed by atoms with van der Waals surface area (Å²) in [6.07, 6.45) is 9.76. The van der Waals surface area contributed by atoms with Crippen molar-refractivity contribution in [2.45, 2.75) is 57.8 Å². The summed E-state index contributed by atoms with van der Waals surface area (Å²) >= 11 is 3.41. The van der Waals surface area contributed by atoms with Gasteiger partial charge in [-0.15, -0.1) is 0 Å². The SMILES string of the molecule is CC12CC3CC(C)(C1)CC(c1ncc(Br)c(N)n1)(C3)C2. The van der Waals surface area contributed by atoms with Crippen LogP contribution < -0.4 is 5.73 Å². The van der Waals surface area contributed by atoms with Crippen molar-refractivity contribution in [1.82, 2.24) is 9.97 Å². The monoisotopic (exact) mass is 335 g/mol. The minimum atomic E-state index is 0.178. The van der Waals surface area contributed by atoms with Gasteiger partial charge < -0.3 is 5.73 Å². The fourth-order valence-electron chi connectivity index (χ4n) is 6.33. The molecule has 0 aromatic carbocycles. The average Bonchev–Trinajstić information content (AvgIpc) is 2.27. The van der Waals surface area contributed by atoms with Crippen LogP contribution in [0, 0.1) is 16.7 Å². The van der Waals surface area contributed by atoms with Crippen LogP contribution in [0.1, 0.15) is 58.2 Å². The van der Waals surface area contributed by atoms with Gasteiger partial charge in [0.05, 0.1) is 4.47 Å². The van der Waals surface area contributed by atoms with E-state index in [0.717, 1.165) is 16.2 Å². The van der Waals surface area contributed by atoms with Crippen molar-refractivity contribution in [3.8, 4) is 0 Å². The van der Waals surface area contributed by atoms with E-state index >= 15 is 0 Å². The summed E-state index contributed by atoms with van der Waals surface area (Å²) in [5.74, 6) is 2.44. The van der Waals surface area contributed by atoms with Crippen LogP contribution in [0.25, 0.3) is 0 Å². The Balaban J connectivity index is 1.82. The third-order valence-electron chi connectivity index (χ3n) is 5.87. The van der Waals surface area contributed by atoms with Crippen LogP contribution in [-0.2, 0) is 5.41 Å². The molecule has 0 amide bonds. The summed E-state index contributed by atoms with van der Waals surface area (Å²) in [6.45, 7) is 4.96. The average molecular weight is 336 g/mol. The molecule has 0 aliphatic heterocycles. The molecule has 2 N–H and O–H groups in total. The highest BCUT2D eigenvalue weighted by atomic mass is 79.9. The second-order valence-corrected chi connectivity index (χ2v) is 9.19. The number of nitrogens with zero attached hydrogens (tertiary/aromatic N) is 2. The molecule has 2 unspecified atom stereocenters. The zero-order chi connectivity index (χ0) is 14.2. The van der Waals surface area contributed by atoms with E-state index in [4.69, 9.17) is 5.73 Å². The maximum Gasteiger partial charge on any atom is 0.141 e. The predicted octanol–water partition coefficient (Wildman–Crippen LogP) is 4.07. The van der Waals surface area contributed by atoms with E-state index in [2.05, 4.69) is 39.7 Å². The van der Waals surface area contributed by atoms with Gasteiger partial charge in [0.15, 0.2) is 0 Å². The summed E-state index contributed by atoms with van der Waals surface area (Å²) in [7, 11) is 0. The van der Waals surface area contributed by atoms with E-state index in [9.17, 15) is 0 Å². The zero-order valence-corrected chi connectivity index (χ0v) is 13.8. The zero-order valence-electron chi connectivity index (χ0n) is 12.2. The Bertz CT molecular complexity index is 567. The first-order chi connectivity index (χ1) is 9.32. The lowest BCUT2D eigenvalue weighted by Crippen LogP contribution is -2.57. The summed E-state index contributed by atoms with van der Waals surface area (Å²) in [5.41, 5.74) is 7.16. The number of rotatable bonds is 1. The van der Waals surface area contributed by atoms with Crippen molar-refractivity contribution in [1.29, 1.82) is 0 Å². The third-order valence-corrected chi connectivity index (χ3v) is 6.48. The van der Waals surface area contributed by atoms with Crippen LogP contribution in [-0.4, -0.2) is 9.97 Å². The molecule has 4 bridgehead atoms. The maximum atomic E-state index is 6.01. The van der Waals surface area contributed by atoms with Crippen molar-refractivity contribution in [2.75, 3.05) is 5.73 Å². The number of aromatic nitrogens is 2. The van der Waals surface area contributed by atoms with E-state index in [1.807, 2.05) is 6.20 Å². The lowest BCUT2D eigenvalue weighted by Gasteiger charge is -2.64. The molecule has 4 saturated carbocycles. The largest absolute Gasteiger partial charge is 0.383 e. The lowest BCUT2D eigenvalue weighted by molar-refractivity contribution is -0.112. The van der Waals surface area contributed by atoms with Crippen molar-refractivity contribution in [3.05, 3.63) is 16.5 Å². The molecule has 5 rings (SSSR count). The molecule has 4 aliphatic rings. The summed E-state index contributed by atoms with van der Waals surface area (Å²) in [4.78, 5) is 9.30. The Morgan fingerprint density at radius 2 is 1.80 bits per heavy atom. The van der Waals surface area contributed by atoms with Gasteiger partial charge in [0.2, 0.25) is 0 Å². The van der Waals surface area contributed by atoms with Gasteiger partial charge in [-0.2, -0.15) is 0 Å². The highest BCUT2D eigenvalue weighted by molar-refractivity contribution is 9.10. The van der Waals surface area contributed by atoms with Crippen LogP contribution in [0.2, 0.25) is 0 Å². The maximum absolute atomic E-state index is 6.01. The van der Waals surface area contributed by atoms with Gasteiger partial charge in [0.1, 0.15) is 11.6 Å². The molecular weight excluding hydrogens is 314 g/mol. The number of halogens is 1. The summed E-state index contributed by atoms with van der Waals surface area (Å²) in [5, 5.41) is 0. The minimum absolute atomic E-state index is 0.178. The van der Waals surface area contributed by atoms with Gasteiger partial charge in [-0.05, 0) is 71.2 Å². The molecule has 2 atom stereocenters. The standard InChI is InChI=1S/C16H22BrN3/c1-14-3-10-4-15(2,7-14)9-16(5-10,8-14)13-19-6-11(17)12(18)20-13/h6,10H,3-5,7-9H2,1-2H3,(H2,18,19,20). The highest BCUT2D eigenvalue weighted by Crippen LogP contribution is 2.69. The number of hydrogen-bond donors (Lipinski definition) is 1. The Morgan fingerprint density at radius 1 is 1.15 bits per heavy atom. The molecular formula is C16H22BrN3. The number of anilines is 1. The topological polar surface area (TPSA) is 51.8 Å². The molecule has 20 heavy (non-hydrogen) atoms. The van der Waals surface area contributed by atoms with E-state index in [1.165, 1.54) is 38.5 Å². The van der Waals surface area contributed by atoms with Gasteiger partial charge >= 0.3 is 0 Å². The Morgan fingerprint density at radius 3 is 2.35 bits per heavy atom. The van der Waals surface area contributed by atoms with E-state index in [0.29, 0.717) is 16.6 Å². The number of nitrogens with two attached hydrogens (primary N) is 1. The first-order valence-electron chi connectivity index (χ1n) is 7.60. The van der Waals surface area contributed by atoms with Crippen molar-refractivity contribution >= 4 is 21.7 Å². The minimum Gasteiger partial charge on any atom is -0.383 e. The highest BCUT2D eigenvalue weighted by Gasteiger charge is 2.61. The van der Waals surface area contributed by atoms with Crippen LogP contribution in [0.15, 0.2) is 10.7 Å². The van der Waals surface area contributed by atoms with Crippen LogP contribution in [0.5, 0.6) is 0 Å². The van der Waals surface area contributed by atoms with Gasteiger partial charge in [0.25, 0.3) is 0 Å². The molecule has 1 aromatic rings. The first kappa shape index (κ1) is 13.1. The Hall–Kier alpha value is -0.640. The van der Waals surface area contributed by atoms with Crippen molar-refractivity contribution < 1.29 is 0 Å². The quantitative estimate of drug-likeness (QED) is 0.841. The molecule has 0 spiro atoms. The fraction of sp³-hybridized carbons (Fsp3) is 0.750. The van der Waals surface area contributed by atoms with Crippen LogP contribution in [0.4, 0.5) is 5.82 Å². The van der Waals surface area contributed by atoms with Gasteiger partial charge in [0, 0.05) is 11.6 Å². The smallest absolute Gasteiger partial charge is 0.141 e. The fourth-order valence-corrected chi connectivity index (χ4v) is 6.52. The van der Waals surface area contributed by atoms with Crippen LogP contribution >= 0.6 is 15.9 Å². The molecule has 4 aliphatic carbocycles. The van der Waals surface area contributed by atoms with E-state index < -0.39 is 0 Å². The Labute approximate surface area is 128 Å². The normalized spacial score (nSPS) is 45.9. The van der Waals surface area contributed by atoms with Gasteiger partial charge in [-0.3, -0.25) is 0 Å². The second kappa shape index (κ2) is 3.76. The lowest BCUT2D eigenvalue weighted by atomic mass is 9.40. The molecule has 108 valence electrons. The predicted molar refractivity (Wildman–Crippen MR) is 83.2 cm³/mol. The van der Waals surface area contributed by atoms with Gasteiger partial charge in [-0.25, -0.2) is 9.97 Å². The number of nitrogen functional groups attached to an aromatic ring is 1. The molecule has 4 heteroatoms. The molecule has 0 radical (unpaired) electrons. The van der Waals surface area contributed by atoms with Crippen LogP contribution in [0.3, 0.4) is 0 Å². The molecule has 1 aromatic heterocycles. The van der Waals surface area contributed by atoms with Crippen molar-refractivity contribution in [3.63, 3.8) is 0 Å². The van der Waals surface area contributed by atoms with E-state index in [1.54, 1.807) is 0 Å². The third kappa shape index (κ3) is 1.76. The first-order valence-corrected chi connectivity index (χ1v) is 8.40. The van der Waals surface area contributed by atoms with Gasteiger partial charge in [-0.1, -0.05) is 13.8 Å². The van der Waals surface area contributed by atoms with Crippen molar-refractivity contribution in [2.24, 2.45) is 16.7 Å². The number of hydrogen-bond acceptors (Lipinski definition) is 3. The molecule has 3 nitrogen and oxygen atoms in total. The molecule has 4 fully saturated rings. The second-order valence-electron chi connectivity index (χ2n) is 8.34.